The molecule has 1 amide bonds. The number of carbonyl (C=O) groups excluding carboxylic acids is 2. The molecule has 0 aromatic heterocycles. The van der Waals surface area contributed by atoms with Crippen LogP contribution in [0.15, 0.2) is 42.5 Å². The maximum atomic E-state index is 13.0. The lowest BCUT2D eigenvalue weighted by molar-refractivity contribution is -0.137. The average molecular weight is 376 g/mol. The number of anilines is 1. The first-order chi connectivity index (χ1) is 11.7. The Morgan fingerprint density at radius 2 is 1.72 bits per heavy atom. The van der Waals surface area contributed by atoms with Gasteiger partial charge in [0.15, 0.2) is 6.61 Å². The lowest BCUT2D eigenvalue weighted by Crippen LogP contribution is -2.21. The number of alkyl halides is 3. The van der Waals surface area contributed by atoms with Crippen molar-refractivity contribution in [2.24, 2.45) is 0 Å². The molecule has 0 aliphatic heterocycles. The van der Waals surface area contributed by atoms with Gasteiger partial charge in [0.2, 0.25) is 0 Å². The van der Waals surface area contributed by atoms with Crippen LogP contribution in [0.1, 0.15) is 15.9 Å². The Hall–Kier alpha value is -2.61. The predicted molar refractivity (Wildman–Crippen MR) is 81.8 cm³/mol. The number of halogens is 5. The van der Waals surface area contributed by atoms with E-state index in [0.29, 0.717) is 0 Å². The van der Waals surface area contributed by atoms with Gasteiger partial charge in [0.25, 0.3) is 5.91 Å². The van der Waals surface area contributed by atoms with Crippen molar-refractivity contribution in [3.8, 4) is 0 Å². The first-order valence-electron chi connectivity index (χ1n) is 6.76. The van der Waals surface area contributed by atoms with E-state index in [9.17, 15) is 27.2 Å². The zero-order valence-corrected chi connectivity index (χ0v) is 13.1. The van der Waals surface area contributed by atoms with E-state index in [1.165, 1.54) is 12.1 Å². The number of hydrogen-bond acceptors (Lipinski definition) is 3. The van der Waals surface area contributed by atoms with E-state index in [1.807, 2.05) is 0 Å². The van der Waals surface area contributed by atoms with E-state index in [1.54, 1.807) is 0 Å². The molecule has 2 rings (SSSR count). The molecule has 2 aromatic carbocycles. The van der Waals surface area contributed by atoms with Crippen LogP contribution in [0.5, 0.6) is 0 Å². The molecule has 0 bridgehead atoms. The lowest BCUT2D eigenvalue weighted by Gasteiger charge is -2.09. The summed E-state index contributed by atoms with van der Waals surface area (Å²) in [6.45, 7) is -0.672. The van der Waals surface area contributed by atoms with E-state index in [0.717, 1.165) is 30.3 Å². The Balaban J connectivity index is 1.90. The summed E-state index contributed by atoms with van der Waals surface area (Å²) in [5, 5.41) is 2.13. The summed E-state index contributed by atoms with van der Waals surface area (Å²) < 4.78 is 55.0. The summed E-state index contributed by atoms with van der Waals surface area (Å²) in [7, 11) is 0. The number of hydrogen-bond donors (Lipinski definition) is 1. The third kappa shape index (κ3) is 5.18. The number of benzene rings is 2. The first-order valence-corrected chi connectivity index (χ1v) is 7.14. The summed E-state index contributed by atoms with van der Waals surface area (Å²) in [6.07, 6.45) is -4.52. The van der Waals surface area contributed by atoms with Crippen molar-refractivity contribution in [2.45, 2.75) is 6.18 Å². The minimum atomic E-state index is -4.52. The number of carbonyl (C=O) groups is 2. The van der Waals surface area contributed by atoms with Gasteiger partial charge < -0.3 is 10.1 Å². The highest BCUT2D eigenvalue weighted by atomic mass is 35.5. The Bertz CT molecular complexity index is 791. The molecule has 0 fully saturated rings. The highest BCUT2D eigenvalue weighted by molar-refractivity contribution is 6.31. The summed E-state index contributed by atoms with van der Waals surface area (Å²) in [5.74, 6) is -2.34. The van der Waals surface area contributed by atoms with Gasteiger partial charge in [-0.25, -0.2) is 9.18 Å². The number of ether oxygens (including phenoxy) is 1. The van der Waals surface area contributed by atoms with E-state index in [2.05, 4.69) is 5.32 Å². The van der Waals surface area contributed by atoms with Crippen LogP contribution in [0, 0.1) is 5.82 Å². The van der Waals surface area contributed by atoms with Gasteiger partial charge in [0, 0.05) is 5.69 Å². The second kappa shape index (κ2) is 7.52. The lowest BCUT2D eigenvalue weighted by atomic mass is 10.1. The van der Waals surface area contributed by atoms with E-state index < -0.39 is 36.0 Å². The average Bonchev–Trinajstić information content (AvgIpc) is 2.55. The fourth-order valence-corrected chi connectivity index (χ4v) is 1.96. The van der Waals surface area contributed by atoms with Gasteiger partial charge in [0.1, 0.15) is 5.82 Å². The summed E-state index contributed by atoms with van der Waals surface area (Å²) in [5.41, 5.74) is -0.845. The molecule has 0 atom stereocenters. The summed E-state index contributed by atoms with van der Waals surface area (Å²) in [4.78, 5) is 23.4. The molecular formula is C16H10ClF4NO3. The molecule has 0 heterocycles. The van der Waals surface area contributed by atoms with Crippen molar-refractivity contribution in [1.29, 1.82) is 0 Å². The van der Waals surface area contributed by atoms with Gasteiger partial charge in [-0.3, -0.25) is 4.79 Å². The van der Waals surface area contributed by atoms with Crippen LogP contribution in [0.25, 0.3) is 0 Å². The third-order valence-electron chi connectivity index (χ3n) is 2.99. The Labute approximate surface area is 144 Å². The van der Waals surface area contributed by atoms with Gasteiger partial charge >= 0.3 is 12.1 Å². The maximum Gasteiger partial charge on any atom is 0.416 e. The van der Waals surface area contributed by atoms with Crippen LogP contribution >= 0.6 is 11.6 Å². The molecule has 0 saturated heterocycles. The van der Waals surface area contributed by atoms with Crippen LogP contribution < -0.4 is 5.32 Å². The van der Waals surface area contributed by atoms with Crippen LogP contribution in [-0.4, -0.2) is 18.5 Å². The monoisotopic (exact) mass is 375 g/mol. The molecule has 4 nitrogen and oxygen atoms in total. The largest absolute Gasteiger partial charge is 0.452 e. The van der Waals surface area contributed by atoms with Crippen molar-refractivity contribution in [3.05, 3.63) is 64.4 Å². The van der Waals surface area contributed by atoms with Crippen molar-refractivity contribution in [3.63, 3.8) is 0 Å². The zero-order chi connectivity index (χ0) is 18.6. The molecule has 2 aromatic rings. The van der Waals surface area contributed by atoms with Gasteiger partial charge in [-0.1, -0.05) is 11.6 Å². The summed E-state index contributed by atoms with van der Waals surface area (Å²) >= 11 is 5.56. The van der Waals surface area contributed by atoms with Gasteiger partial charge in [0.05, 0.1) is 16.1 Å². The molecule has 132 valence electrons. The molecule has 0 radical (unpaired) electrons. The molecule has 25 heavy (non-hydrogen) atoms. The number of esters is 1. The number of rotatable bonds is 4. The quantitative estimate of drug-likeness (QED) is 0.640. The normalized spacial score (nSPS) is 11.1. The minimum absolute atomic E-state index is 0.134. The molecule has 0 aliphatic carbocycles. The second-order valence-corrected chi connectivity index (χ2v) is 5.24. The van der Waals surface area contributed by atoms with E-state index in [4.69, 9.17) is 16.3 Å². The van der Waals surface area contributed by atoms with E-state index in [-0.39, 0.29) is 16.3 Å². The van der Waals surface area contributed by atoms with Crippen molar-refractivity contribution in [1.82, 2.24) is 0 Å². The molecule has 0 saturated carbocycles. The van der Waals surface area contributed by atoms with Crippen molar-refractivity contribution < 1.29 is 31.9 Å². The maximum absolute atomic E-state index is 13.0. The Morgan fingerprint density at radius 3 is 2.28 bits per heavy atom. The fraction of sp³-hybridized carbons (Fsp3) is 0.125. The molecule has 9 heteroatoms. The summed E-state index contributed by atoms with van der Waals surface area (Å²) in [6, 6.07) is 6.84. The van der Waals surface area contributed by atoms with Crippen LogP contribution in [0.4, 0.5) is 23.2 Å². The highest BCUT2D eigenvalue weighted by Crippen LogP contribution is 2.29. The third-order valence-corrected chi connectivity index (χ3v) is 3.28. The van der Waals surface area contributed by atoms with Crippen molar-refractivity contribution >= 4 is 29.2 Å². The highest BCUT2D eigenvalue weighted by Gasteiger charge is 2.30. The van der Waals surface area contributed by atoms with E-state index >= 15 is 0 Å². The van der Waals surface area contributed by atoms with Gasteiger partial charge in [-0.05, 0) is 42.5 Å². The van der Waals surface area contributed by atoms with Gasteiger partial charge in [-0.2, -0.15) is 13.2 Å². The molecule has 0 spiro atoms. The molecule has 0 unspecified atom stereocenters. The van der Waals surface area contributed by atoms with Crippen LogP contribution in [0.3, 0.4) is 0 Å². The first kappa shape index (κ1) is 18.7. The topological polar surface area (TPSA) is 55.4 Å². The minimum Gasteiger partial charge on any atom is -0.452 e. The second-order valence-electron chi connectivity index (χ2n) is 4.83. The fourth-order valence-electron chi connectivity index (χ4n) is 1.78. The number of nitrogens with one attached hydrogen (secondary N) is 1. The Morgan fingerprint density at radius 1 is 1.08 bits per heavy atom. The van der Waals surface area contributed by atoms with Crippen LogP contribution in [-0.2, 0) is 15.7 Å². The standard InChI is InChI=1S/C16H10ClF4NO3/c17-12-7-11(5-6-13(12)18)22-14(23)8-25-15(24)9-1-3-10(4-2-9)16(19,20)21/h1-7H,8H2,(H,22,23). The van der Waals surface area contributed by atoms with Gasteiger partial charge in [-0.15, -0.1) is 0 Å². The number of amides is 1. The predicted octanol–water partition coefficient (Wildman–Crippen LogP) is 4.29. The zero-order valence-electron chi connectivity index (χ0n) is 12.4. The SMILES string of the molecule is O=C(COC(=O)c1ccc(C(F)(F)F)cc1)Nc1ccc(F)c(Cl)c1. The smallest absolute Gasteiger partial charge is 0.416 e. The van der Waals surface area contributed by atoms with Crippen LogP contribution in [0.2, 0.25) is 5.02 Å². The molecule has 0 aliphatic rings. The molecular weight excluding hydrogens is 366 g/mol. The Kier molecular flexibility index (Phi) is 5.63. The van der Waals surface area contributed by atoms with Crippen molar-refractivity contribution in [2.75, 3.05) is 11.9 Å². The molecule has 1 N–H and O–H groups in total.